The molecule has 4 rings (SSSR count). The first kappa shape index (κ1) is 37.8. The quantitative estimate of drug-likeness (QED) is 0.140. The van der Waals surface area contributed by atoms with Gasteiger partial charge in [0.15, 0.2) is 0 Å². The number of para-hydroxylation sites is 1. The highest BCUT2D eigenvalue weighted by Crippen LogP contribution is 2.54. The number of rotatable bonds is 18. The van der Waals surface area contributed by atoms with Crippen LogP contribution in [0.5, 0.6) is 5.75 Å². The molecule has 0 radical (unpaired) electrons. The van der Waals surface area contributed by atoms with Crippen LogP contribution in [0.3, 0.4) is 0 Å². The third-order valence-electron chi connectivity index (χ3n) is 8.00. The summed E-state index contributed by atoms with van der Waals surface area (Å²) in [5, 5.41) is 0. The first-order valence-corrected chi connectivity index (χ1v) is 17.4. The summed E-state index contributed by atoms with van der Waals surface area (Å²) in [4.78, 5) is 81.7. The lowest BCUT2D eigenvalue weighted by atomic mass is 9.89. The molecular weight excluding hydrogens is 671 g/mol. The lowest BCUT2D eigenvalue weighted by Gasteiger charge is -2.39. The van der Waals surface area contributed by atoms with Crippen LogP contribution >= 0.6 is 7.82 Å². The van der Waals surface area contributed by atoms with E-state index in [1.54, 1.807) is 18.2 Å². The molecule has 3 aromatic rings. The average Bonchev–Trinajstić information content (AvgIpc) is 3.10. The maximum Gasteiger partial charge on any atom is 0.530 e. The number of benzene rings is 1. The van der Waals surface area contributed by atoms with Crippen LogP contribution in [-0.4, -0.2) is 40.6 Å². The predicted molar refractivity (Wildman–Crippen MR) is 187 cm³/mol. The van der Waals surface area contributed by atoms with Crippen LogP contribution in [-0.2, 0) is 52.9 Å². The number of hydrogen-bond donors (Lipinski definition) is 0. The summed E-state index contributed by atoms with van der Waals surface area (Å²) in [6.07, 6.45) is 6.97. The molecule has 0 spiro atoms. The number of allylic oxidation sites excluding steroid dienone is 4. The largest absolute Gasteiger partial charge is 0.530 e. The van der Waals surface area contributed by atoms with E-state index < -0.39 is 73.7 Å². The summed E-state index contributed by atoms with van der Waals surface area (Å²) in [6.45, 7) is 12.0. The Bertz CT molecular complexity index is 1920. The molecule has 0 unspecified atom stereocenters. The minimum absolute atomic E-state index is 0.0859. The summed E-state index contributed by atoms with van der Waals surface area (Å²) in [5.74, 6) is 0.176. The zero-order valence-corrected chi connectivity index (χ0v) is 28.6. The van der Waals surface area contributed by atoms with Gasteiger partial charge in [-0.3, -0.25) is 9.05 Å². The normalized spacial score (nSPS) is 14.9. The molecule has 2 aromatic heterocycles. The molecule has 0 N–H and O–H groups in total. The van der Waals surface area contributed by atoms with Crippen LogP contribution in [0.25, 0.3) is 0 Å². The van der Waals surface area contributed by atoms with Gasteiger partial charge in [-0.1, -0.05) is 42.5 Å². The third-order valence-corrected chi connectivity index (χ3v) is 9.33. The molecule has 1 aromatic carbocycles. The lowest BCUT2D eigenvalue weighted by molar-refractivity contribution is -0.0272. The van der Waals surface area contributed by atoms with Crippen molar-refractivity contribution in [3.8, 4) is 5.75 Å². The summed E-state index contributed by atoms with van der Waals surface area (Å²) in [6, 6.07) is 8.07. The van der Waals surface area contributed by atoms with Gasteiger partial charge >= 0.3 is 42.0 Å². The van der Waals surface area contributed by atoms with Crippen molar-refractivity contribution in [1.82, 2.24) is 27.4 Å². The molecule has 0 atom stereocenters. The van der Waals surface area contributed by atoms with Crippen molar-refractivity contribution in [2.75, 3.05) is 13.2 Å². The lowest BCUT2D eigenvalue weighted by Crippen LogP contribution is -2.60. The van der Waals surface area contributed by atoms with E-state index in [9.17, 15) is 33.3 Å². The predicted octanol–water partition coefficient (Wildman–Crippen LogP) is 1.88. The molecule has 3 heterocycles. The van der Waals surface area contributed by atoms with E-state index in [-0.39, 0.29) is 57.6 Å². The van der Waals surface area contributed by atoms with Crippen LogP contribution in [0.1, 0.15) is 25.7 Å². The van der Waals surface area contributed by atoms with E-state index >= 15 is 0 Å². The Hall–Kier alpha value is -5.05. The molecule has 0 bridgehead atoms. The monoisotopic (exact) mass is 712 g/mol. The molecular formula is C33H41N6O10P. The van der Waals surface area contributed by atoms with Gasteiger partial charge in [0.25, 0.3) is 0 Å². The van der Waals surface area contributed by atoms with Crippen LogP contribution in [0.4, 0.5) is 0 Å². The second-order valence-electron chi connectivity index (χ2n) is 11.7. The van der Waals surface area contributed by atoms with Gasteiger partial charge in [-0.25, -0.2) is 60.7 Å². The number of nitrogens with zero attached hydrogens (tertiary/aromatic N) is 6. The minimum atomic E-state index is -4.28. The highest BCUT2D eigenvalue weighted by molar-refractivity contribution is 7.49. The van der Waals surface area contributed by atoms with Crippen LogP contribution in [0, 0.1) is 5.41 Å². The molecule has 17 heteroatoms. The maximum absolute atomic E-state index is 13.8. The van der Waals surface area contributed by atoms with Crippen molar-refractivity contribution in [1.29, 1.82) is 0 Å². The molecule has 0 saturated carbocycles. The second-order valence-corrected chi connectivity index (χ2v) is 13.3. The molecule has 16 nitrogen and oxygen atoms in total. The fourth-order valence-electron chi connectivity index (χ4n) is 5.36. The number of aromatic nitrogens is 6. The Morgan fingerprint density at radius 3 is 1.22 bits per heavy atom. The van der Waals surface area contributed by atoms with Crippen LogP contribution in [0.15, 0.2) is 110 Å². The minimum Gasteiger partial charge on any atom is -0.404 e. The van der Waals surface area contributed by atoms with Gasteiger partial charge in [0.05, 0.1) is 18.6 Å². The van der Waals surface area contributed by atoms with Crippen molar-refractivity contribution in [3.63, 3.8) is 0 Å². The van der Waals surface area contributed by atoms with E-state index in [1.807, 2.05) is 0 Å². The smallest absolute Gasteiger partial charge is 0.404 e. The molecule has 1 aliphatic heterocycles. The van der Waals surface area contributed by atoms with Gasteiger partial charge in [0.2, 0.25) is 0 Å². The first-order valence-electron chi connectivity index (χ1n) is 15.9. The second kappa shape index (κ2) is 16.6. The molecule has 0 aliphatic carbocycles. The maximum atomic E-state index is 13.8. The highest BCUT2D eigenvalue weighted by atomic mass is 31.2. The zero-order chi connectivity index (χ0) is 36.5. The van der Waals surface area contributed by atoms with E-state index in [0.717, 1.165) is 27.4 Å². The van der Waals surface area contributed by atoms with Gasteiger partial charge < -0.3 is 4.52 Å². The number of phosphoric acid groups is 1. The van der Waals surface area contributed by atoms with Crippen molar-refractivity contribution in [3.05, 3.63) is 144 Å². The van der Waals surface area contributed by atoms with E-state index in [2.05, 4.69) is 26.3 Å². The van der Waals surface area contributed by atoms with Gasteiger partial charge in [0, 0.05) is 39.3 Å². The number of phosphoric ester groups is 1. The van der Waals surface area contributed by atoms with Gasteiger partial charge in [-0.15, -0.1) is 26.3 Å². The van der Waals surface area contributed by atoms with Crippen molar-refractivity contribution < 1.29 is 18.1 Å². The van der Waals surface area contributed by atoms with Crippen molar-refractivity contribution in [2.45, 2.75) is 65.0 Å². The van der Waals surface area contributed by atoms with E-state index in [4.69, 9.17) is 13.6 Å². The summed E-state index contributed by atoms with van der Waals surface area (Å²) in [5.41, 5.74) is -7.13. The molecule has 1 fully saturated rings. The molecule has 1 aliphatic rings. The Morgan fingerprint density at radius 2 is 0.900 bits per heavy atom. The summed E-state index contributed by atoms with van der Waals surface area (Å²) in [7, 11) is -4.28. The van der Waals surface area contributed by atoms with Crippen LogP contribution in [0.2, 0.25) is 0 Å². The standard InChI is InChI=1S/C33H41N6O10P/c1-5-9-18-34-27(40)35(19-10-6-2)30(43)38(29(34)42)22-33(24-47-50(46,48-25-33)49-26-16-14-13-15-17-26)23-39-31(44)36(20-11-7-3)28(41)37(32(39)45)21-12-8-4/h5-8,13-17H,1-4,9-12,18-25H2. The molecule has 1 saturated heterocycles. The average molecular weight is 713 g/mol. The fraction of sp³-hybridized carbons (Fsp3) is 0.394. The highest BCUT2D eigenvalue weighted by Gasteiger charge is 2.46. The van der Waals surface area contributed by atoms with E-state index in [0.29, 0.717) is 0 Å². The SMILES string of the molecule is C=CCCn1c(=O)n(CCC=C)c(=O)n(CC2(Cn3c(=O)n(CCC=C)c(=O)n(CCC=C)c3=O)COP(=O)(Oc3ccccc3)OC2)c1=O. The Kier molecular flexibility index (Phi) is 12.5. The molecule has 268 valence electrons. The van der Waals surface area contributed by atoms with Crippen molar-refractivity contribution >= 4 is 7.82 Å². The summed E-state index contributed by atoms with van der Waals surface area (Å²) >= 11 is 0. The molecule has 0 amide bonds. The summed E-state index contributed by atoms with van der Waals surface area (Å²) < 4.78 is 35.6. The number of hydrogen-bond acceptors (Lipinski definition) is 10. The Labute approximate surface area is 286 Å². The molecule has 50 heavy (non-hydrogen) atoms. The van der Waals surface area contributed by atoms with Crippen molar-refractivity contribution in [2.24, 2.45) is 5.41 Å². The van der Waals surface area contributed by atoms with Gasteiger partial charge in [0.1, 0.15) is 5.75 Å². The topological polar surface area (TPSA) is 177 Å². The van der Waals surface area contributed by atoms with E-state index in [1.165, 1.54) is 36.4 Å². The third kappa shape index (κ3) is 8.21. The first-order chi connectivity index (χ1) is 23.9. The Morgan fingerprint density at radius 1 is 0.580 bits per heavy atom. The van der Waals surface area contributed by atoms with Crippen LogP contribution < -0.4 is 38.7 Å². The Balaban J connectivity index is 1.91. The fourth-order valence-corrected chi connectivity index (χ4v) is 6.78. The zero-order valence-electron chi connectivity index (χ0n) is 27.7. The van der Waals surface area contributed by atoms with Gasteiger partial charge in [-0.05, 0) is 37.8 Å². The van der Waals surface area contributed by atoms with Gasteiger partial charge in [-0.2, -0.15) is 0 Å².